The molecule has 0 bridgehead atoms. The van der Waals surface area contributed by atoms with Gasteiger partial charge in [0.05, 0.1) is 107 Å². The molecule has 0 spiro atoms. The smallest absolute Gasteiger partial charge is 0.294 e. The zero-order valence-corrected chi connectivity index (χ0v) is 79.4. The van der Waals surface area contributed by atoms with Gasteiger partial charge in [0, 0.05) is 24.0 Å². The van der Waals surface area contributed by atoms with Crippen LogP contribution in [0.1, 0.15) is 188 Å². The first-order valence-corrected chi connectivity index (χ1v) is 53.7. The van der Waals surface area contributed by atoms with Crippen LogP contribution in [0.3, 0.4) is 0 Å². The maximum absolute atomic E-state index is 13.0. The maximum atomic E-state index is 13.0. The van der Waals surface area contributed by atoms with Crippen LogP contribution in [0.5, 0.6) is 0 Å². The largest absolute Gasteiger partial charge is 0.744 e. The molecular weight excluding hydrogens is 1890 g/mol. The van der Waals surface area contributed by atoms with Gasteiger partial charge in [-0.1, -0.05) is 143 Å². The van der Waals surface area contributed by atoms with Crippen LogP contribution in [0, 0.1) is 17.6 Å². The quantitative estimate of drug-likeness (QED) is 0.0164. The molecule has 16 rings (SSSR count). The molecule has 0 radical (unpaired) electrons. The molecule has 2 aliphatic rings. The molecule has 6 aromatic heterocycles. The Kier molecular flexibility index (Phi) is 28.9. The summed E-state index contributed by atoms with van der Waals surface area (Å²) in [7, 11) is -33.7. The van der Waals surface area contributed by atoms with Crippen LogP contribution in [0.15, 0.2) is 325 Å². The summed E-state index contributed by atoms with van der Waals surface area (Å²) in [4.78, 5) is 14.7. The van der Waals surface area contributed by atoms with Gasteiger partial charge in [-0.3, -0.25) is 22.8 Å². The molecule has 14 aromatic rings. The Balaban J connectivity index is 0.0000143. The van der Waals surface area contributed by atoms with Gasteiger partial charge in [-0.25, -0.2) is 16.8 Å². The Morgan fingerprint density at radius 1 is 0.307 bits per heavy atom. The zero-order valence-electron chi connectivity index (χ0n) is 73.7. The molecule has 0 aliphatic carbocycles. The number of aromatic amines is 5. The highest BCUT2D eigenvalue weighted by molar-refractivity contribution is 7.87. The van der Waals surface area contributed by atoms with Crippen molar-refractivity contribution in [3.05, 3.63) is 374 Å². The van der Waals surface area contributed by atoms with E-state index in [1.54, 1.807) is 36.4 Å². The maximum Gasteiger partial charge on any atom is 0.294 e. The van der Waals surface area contributed by atoms with Gasteiger partial charge in [0.2, 0.25) is 0 Å². The summed E-state index contributed by atoms with van der Waals surface area (Å²) in [5, 5.41) is 10.8. The van der Waals surface area contributed by atoms with Crippen LogP contribution in [0.2, 0.25) is 0 Å². The van der Waals surface area contributed by atoms with E-state index in [0.29, 0.717) is 38.9 Å². The van der Waals surface area contributed by atoms with E-state index < -0.39 is 143 Å². The molecular formula is C101H102N8O21S7-2. The van der Waals surface area contributed by atoms with Crippen LogP contribution in [-0.4, -0.2) is 126 Å². The number of H-pyrrole nitrogens is 5. The fraction of sp³-hybridized carbons (Fsp3) is 0.228. The van der Waals surface area contributed by atoms with Crippen molar-refractivity contribution in [3.63, 3.8) is 0 Å². The second-order valence-electron chi connectivity index (χ2n) is 35.2. The molecule has 10 unspecified atom stereocenters. The van der Waals surface area contributed by atoms with Gasteiger partial charge in [-0.05, 0) is 326 Å². The molecule has 137 heavy (non-hydrogen) atoms. The van der Waals surface area contributed by atoms with Crippen molar-refractivity contribution in [2.24, 2.45) is 0 Å². The first-order chi connectivity index (χ1) is 64.3. The van der Waals surface area contributed by atoms with E-state index in [0.717, 1.165) is 89.5 Å². The summed E-state index contributed by atoms with van der Waals surface area (Å²) >= 11 is 0. The minimum Gasteiger partial charge on any atom is -0.744 e. The summed E-state index contributed by atoms with van der Waals surface area (Å²) in [5.41, 5.74) is 14.3. The van der Waals surface area contributed by atoms with E-state index in [-0.39, 0.29) is 80.8 Å². The average Bonchev–Trinajstić information content (AvgIpc) is 1.62. The van der Waals surface area contributed by atoms with Gasteiger partial charge < -0.3 is 49.2 Å². The van der Waals surface area contributed by atoms with Crippen LogP contribution in [0.25, 0.3) is 45.6 Å². The SMILES string of the molecule is C.Cc1ccc(-c2ccc(-c3ccc(-c4ccc(C5C=C/C(=c6/cc/c(=c7/cc/c(=C8/C=CC(C)N8)[nH]7)[nH]6)N5)n4Cc4ccc(C(CC(CC(CC(C)c5ccc(S(=O)(=O)O)cc5)c5ccc(S(=O)(=O)O)cc5)c5ccc(S(=O)(=O)O)cc5)CC(CC(CC(CC(C)c5ccc(S(=O)(=O)O)cc5)c5ccc(S(=O)(=O)[O-])cc5)c5ccc(S(=O)(=O)O)cc5)c5ccc(S(=O)(=O)[O-])cc5)cc4)[nH]3)[nH]2)[nH]1. The second kappa shape index (κ2) is 40.0. The monoisotopic (exact) mass is 1990 g/mol. The van der Waals surface area contributed by atoms with Gasteiger partial charge in [0.25, 0.3) is 50.6 Å². The molecule has 8 heterocycles. The lowest BCUT2D eigenvalue weighted by atomic mass is 9.71. The minimum atomic E-state index is -5.09. The Morgan fingerprint density at radius 2 is 0.591 bits per heavy atom. The second-order valence-corrected chi connectivity index (χ2v) is 45.0. The van der Waals surface area contributed by atoms with Crippen LogP contribution < -0.4 is 21.3 Å². The van der Waals surface area contributed by atoms with E-state index in [4.69, 9.17) is 0 Å². The number of nitrogens with zero attached hydrogens (tertiary/aromatic N) is 1. The highest BCUT2D eigenvalue weighted by atomic mass is 32.2. The molecule has 36 heteroatoms. The molecule has 2 aliphatic heterocycles. The van der Waals surface area contributed by atoms with Crippen molar-refractivity contribution >= 4 is 82.2 Å². The van der Waals surface area contributed by atoms with E-state index in [2.05, 4.69) is 77.4 Å². The summed E-state index contributed by atoms with van der Waals surface area (Å²) in [6, 6.07) is 71.1. The Labute approximate surface area is 795 Å². The predicted octanol–water partition coefficient (Wildman–Crippen LogP) is 17.5. The van der Waals surface area contributed by atoms with Gasteiger partial charge in [0.15, 0.2) is 0 Å². The van der Waals surface area contributed by atoms with Crippen LogP contribution in [-0.2, 0) is 77.4 Å². The number of nitrogens with one attached hydrogen (secondary N) is 7. The molecule has 0 saturated heterocycles. The van der Waals surface area contributed by atoms with Crippen LogP contribution in [0.4, 0.5) is 0 Å². The third-order valence-electron chi connectivity index (χ3n) is 26.0. The van der Waals surface area contributed by atoms with E-state index in [1.165, 1.54) is 133 Å². The fourth-order valence-electron chi connectivity index (χ4n) is 18.8. The first kappa shape index (κ1) is 99.1. The van der Waals surface area contributed by atoms with Crippen molar-refractivity contribution in [3.8, 4) is 34.2 Å². The van der Waals surface area contributed by atoms with Crippen molar-refractivity contribution in [2.75, 3.05) is 0 Å². The van der Waals surface area contributed by atoms with Crippen molar-refractivity contribution < 1.29 is 90.8 Å². The highest BCUT2D eigenvalue weighted by Gasteiger charge is 2.34. The number of aromatic nitrogens is 6. The molecule has 12 N–H and O–H groups in total. The summed E-state index contributed by atoms with van der Waals surface area (Å²) in [5.74, 6) is -4.95. The average molecular weight is 1990 g/mol. The van der Waals surface area contributed by atoms with Crippen LogP contribution >= 0.6 is 0 Å². The first-order valence-electron chi connectivity index (χ1n) is 43.7. The summed E-state index contributed by atoms with van der Waals surface area (Å²) in [6.07, 6.45) is 9.44. The third-order valence-corrected chi connectivity index (χ3v) is 32.0. The van der Waals surface area contributed by atoms with Crippen molar-refractivity contribution in [1.29, 1.82) is 0 Å². The number of rotatable bonds is 35. The fourth-order valence-corrected chi connectivity index (χ4v) is 22.2. The van der Waals surface area contributed by atoms with Gasteiger partial charge in [-0.2, -0.15) is 42.1 Å². The van der Waals surface area contributed by atoms with E-state index >= 15 is 0 Å². The van der Waals surface area contributed by atoms with Gasteiger partial charge in [0.1, 0.15) is 20.2 Å². The van der Waals surface area contributed by atoms with E-state index in [9.17, 15) is 90.8 Å². The molecule has 0 saturated carbocycles. The van der Waals surface area contributed by atoms with Crippen molar-refractivity contribution in [1.82, 2.24) is 40.1 Å². The normalized spacial score (nSPS) is 17.3. The molecule has 716 valence electrons. The molecule has 8 aromatic carbocycles. The number of hydrogen-bond donors (Lipinski definition) is 12. The van der Waals surface area contributed by atoms with Crippen molar-refractivity contribution in [2.45, 2.75) is 180 Å². The highest BCUT2D eigenvalue weighted by Crippen LogP contribution is 2.49. The van der Waals surface area contributed by atoms with Gasteiger partial charge >= 0.3 is 0 Å². The summed E-state index contributed by atoms with van der Waals surface area (Å²) in [6.45, 7) is 8.10. The lowest BCUT2D eigenvalue weighted by molar-refractivity contribution is 0.379. The minimum absolute atomic E-state index is 0. The molecule has 0 amide bonds. The number of hydrogen-bond acceptors (Lipinski definition) is 18. The van der Waals surface area contributed by atoms with Gasteiger partial charge in [-0.15, -0.1) is 0 Å². The predicted molar refractivity (Wildman–Crippen MR) is 519 cm³/mol. The Hall–Kier alpha value is -12.4. The molecule has 29 nitrogen and oxygen atoms in total. The lowest BCUT2D eigenvalue weighted by Gasteiger charge is -2.34. The Morgan fingerprint density at radius 3 is 0.912 bits per heavy atom. The third kappa shape index (κ3) is 23.7. The zero-order chi connectivity index (χ0) is 96.7. The number of aryl methyl sites for hydroxylation is 1. The standard InChI is InChI=1S/C100H100N8O21S7.CH4/c1-61(66-11-25-80(26-12-66)130(109,110)111)53-74(69-15-29-82(30-16-69)132(115,116)117)55-76(71-19-33-84(34-20-71)134(121,122)123)57-78(59-79(73-23-37-86(38-24-73)136(127,128)129)58-77(72-21-35-85(36-22-72)135(124,125)126)56-75(70-17-31-83(32-18-70)133(118,119)120)54-62(2)67-13-27-81(28-14-67)131(112,113)114)68-9-7-65(8-10-68)60-108-99(97-49-47-95(106-97)93-44-42-90(104-93)88-40-6-64(4)102-88)51-52-100(108)98-50-48-96(107-98)94-46-45-92(105-94)91-43-41-89(103-91)87-39-5-63(3)101-87;/h5-52,61-63,74-79,98,101-107H,53-60H2,1-4H3,(H,109,110,111)(H,112,113,114)(H,115,116,117)(H,118,119,120)(H,121,122,123)(H,124,125,126)(H,127,128,129);1H4/p-2/b89-87+,92-91+,96-94+;. The lowest BCUT2D eigenvalue weighted by Crippen LogP contribution is -2.22. The summed E-state index contributed by atoms with van der Waals surface area (Å²) < 4.78 is 258. The van der Waals surface area contributed by atoms with E-state index in [1.807, 2.05) is 112 Å². The Bertz CT molecular complexity index is 7960. The number of benzene rings is 8. The molecule has 10 atom stereocenters. The molecule has 0 fully saturated rings. The topological polar surface area (TPSA) is 494 Å².